The van der Waals surface area contributed by atoms with Crippen molar-refractivity contribution < 1.29 is 14.6 Å². The fourth-order valence-electron chi connectivity index (χ4n) is 2.13. The summed E-state index contributed by atoms with van der Waals surface area (Å²) < 4.78 is 5.35. The summed E-state index contributed by atoms with van der Waals surface area (Å²) in [5.41, 5.74) is 5.49. The SMILES string of the molecule is CC(C)(C)OC(=O)N1CCCC1C(N)CCO. The predicted octanol–water partition coefficient (Wildman–Crippen LogP) is 1.10. The Balaban J connectivity index is 2.59. The molecule has 1 rings (SSSR count). The second-order valence-electron chi connectivity index (χ2n) is 5.56. The number of nitrogens with two attached hydrogens (primary N) is 1. The fourth-order valence-corrected chi connectivity index (χ4v) is 2.13. The molecule has 5 nitrogen and oxygen atoms in total. The van der Waals surface area contributed by atoms with E-state index in [0.29, 0.717) is 13.0 Å². The normalized spacial score (nSPS) is 22.6. The maximum Gasteiger partial charge on any atom is 0.410 e. The molecule has 1 aliphatic heterocycles. The number of amides is 1. The predicted molar refractivity (Wildman–Crippen MR) is 65.6 cm³/mol. The average molecular weight is 244 g/mol. The van der Waals surface area contributed by atoms with Gasteiger partial charge in [-0.3, -0.25) is 0 Å². The third-order valence-electron chi connectivity index (χ3n) is 2.88. The van der Waals surface area contributed by atoms with E-state index in [1.54, 1.807) is 4.90 Å². The Morgan fingerprint density at radius 2 is 2.24 bits per heavy atom. The molecule has 100 valence electrons. The van der Waals surface area contributed by atoms with Crippen molar-refractivity contribution in [2.45, 2.75) is 57.7 Å². The molecule has 1 saturated heterocycles. The lowest BCUT2D eigenvalue weighted by atomic mass is 10.0. The van der Waals surface area contributed by atoms with Crippen LogP contribution in [-0.2, 0) is 4.74 Å². The highest BCUT2D eigenvalue weighted by Gasteiger charge is 2.35. The van der Waals surface area contributed by atoms with Crippen LogP contribution in [0.3, 0.4) is 0 Å². The van der Waals surface area contributed by atoms with Gasteiger partial charge in [-0.15, -0.1) is 0 Å². The Morgan fingerprint density at radius 1 is 1.59 bits per heavy atom. The number of carbonyl (C=O) groups excluding carboxylic acids is 1. The number of aliphatic hydroxyl groups is 1. The van der Waals surface area contributed by atoms with E-state index in [0.717, 1.165) is 12.8 Å². The lowest BCUT2D eigenvalue weighted by Gasteiger charge is -2.31. The summed E-state index contributed by atoms with van der Waals surface area (Å²) in [4.78, 5) is 13.7. The maximum atomic E-state index is 12.0. The lowest BCUT2D eigenvalue weighted by Crippen LogP contribution is -2.48. The zero-order valence-corrected chi connectivity index (χ0v) is 11.0. The van der Waals surface area contributed by atoms with Gasteiger partial charge in [-0.05, 0) is 40.0 Å². The summed E-state index contributed by atoms with van der Waals surface area (Å²) in [6.45, 7) is 6.30. The molecule has 0 aromatic heterocycles. The van der Waals surface area contributed by atoms with E-state index < -0.39 is 5.60 Å². The van der Waals surface area contributed by atoms with Crippen molar-refractivity contribution in [3.63, 3.8) is 0 Å². The van der Waals surface area contributed by atoms with Gasteiger partial charge in [-0.25, -0.2) is 4.79 Å². The standard InChI is InChI=1S/C12H24N2O3/c1-12(2,3)17-11(16)14-7-4-5-10(14)9(13)6-8-15/h9-10,15H,4-8,13H2,1-3H3. The first-order valence-electron chi connectivity index (χ1n) is 6.21. The van der Waals surface area contributed by atoms with E-state index in [2.05, 4.69) is 0 Å². The molecule has 1 fully saturated rings. The van der Waals surface area contributed by atoms with E-state index in [9.17, 15) is 4.79 Å². The van der Waals surface area contributed by atoms with Crippen LogP contribution >= 0.6 is 0 Å². The number of rotatable bonds is 3. The van der Waals surface area contributed by atoms with Crippen molar-refractivity contribution in [3.05, 3.63) is 0 Å². The van der Waals surface area contributed by atoms with E-state index >= 15 is 0 Å². The first kappa shape index (κ1) is 14.3. The molecule has 5 heteroatoms. The van der Waals surface area contributed by atoms with Crippen LogP contribution in [0.5, 0.6) is 0 Å². The molecule has 2 unspecified atom stereocenters. The van der Waals surface area contributed by atoms with Gasteiger partial charge in [0.15, 0.2) is 0 Å². The first-order chi connectivity index (χ1) is 7.85. The van der Waals surface area contributed by atoms with Gasteiger partial charge in [0.05, 0.1) is 6.04 Å². The Kier molecular flexibility index (Phi) is 4.77. The first-order valence-corrected chi connectivity index (χ1v) is 6.21. The monoisotopic (exact) mass is 244 g/mol. The van der Waals surface area contributed by atoms with Gasteiger partial charge in [-0.1, -0.05) is 0 Å². The lowest BCUT2D eigenvalue weighted by molar-refractivity contribution is 0.0199. The molecule has 2 atom stereocenters. The molecule has 1 heterocycles. The van der Waals surface area contributed by atoms with Gasteiger partial charge in [0, 0.05) is 19.2 Å². The van der Waals surface area contributed by atoms with Gasteiger partial charge in [0.25, 0.3) is 0 Å². The number of nitrogens with zero attached hydrogens (tertiary/aromatic N) is 1. The Labute approximate surface area is 103 Å². The second kappa shape index (κ2) is 5.69. The maximum absolute atomic E-state index is 12.0. The van der Waals surface area contributed by atoms with Crippen molar-refractivity contribution in [1.29, 1.82) is 0 Å². The van der Waals surface area contributed by atoms with Crippen LogP contribution < -0.4 is 5.73 Å². The number of aliphatic hydroxyl groups excluding tert-OH is 1. The van der Waals surface area contributed by atoms with Crippen molar-refractivity contribution >= 4 is 6.09 Å². The van der Waals surface area contributed by atoms with Crippen molar-refractivity contribution in [3.8, 4) is 0 Å². The molecule has 0 aromatic rings. The van der Waals surface area contributed by atoms with E-state index in [1.807, 2.05) is 20.8 Å². The van der Waals surface area contributed by atoms with Gasteiger partial charge >= 0.3 is 6.09 Å². The average Bonchev–Trinajstić information content (AvgIpc) is 2.63. The molecule has 1 amide bonds. The number of ether oxygens (including phenoxy) is 1. The molecule has 3 N–H and O–H groups in total. The highest BCUT2D eigenvalue weighted by atomic mass is 16.6. The topological polar surface area (TPSA) is 75.8 Å². The molecule has 17 heavy (non-hydrogen) atoms. The quantitative estimate of drug-likeness (QED) is 0.779. The zero-order valence-electron chi connectivity index (χ0n) is 11.0. The number of carbonyl (C=O) groups is 1. The minimum Gasteiger partial charge on any atom is -0.444 e. The minimum absolute atomic E-state index is 0.00278. The van der Waals surface area contributed by atoms with Crippen LogP contribution in [0.25, 0.3) is 0 Å². The van der Waals surface area contributed by atoms with Gasteiger partial charge in [0.2, 0.25) is 0 Å². The second-order valence-corrected chi connectivity index (χ2v) is 5.56. The van der Waals surface area contributed by atoms with E-state index in [-0.39, 0.29) is 24.8 Å². The van der Waals surface area contributed by atoms with E-state index in [4.69, 9.17) is 15.6 Å². The van der Waals surface area contributed by atoms with Crippen LogP contribution in [-0.4, -0.2) is 46.9 Å². The summed E-state index contributed by atoms with van der Waals surface area (Å²) in [5, 5.41) is 8.89. The van der Waals surface area contributed by atoms with Crippen LogP contribution in [0.1, 0.15) is 40.0 Å². The summed E-state index contributed by atoms with van der Waals surface area (Å²) >= 11 is 0. The highest BCUT2D eigenvalue weighted by molar-refractivity contribution is 5.69. The number of hydrogen-bond donors (Lipinski definition) is 2. The largest absolute Gasteiger partial charge is 0.444 e. The smallest absolute Gasteiger partial charge is 0.410 e. The summed E-state index contributed by atoms with van der Waals surface area (Å²) in [6.07, 6.45) is 2.06. The van der Waals surface area contributed by atoms with Crippen LogP contribution in [0, 0.1) is 0 Å². The molecule has 0 spiro atoms. The molecule has 0 aromatic carbocycles. The highest BCUT2D eigenvalue weighted by Crippen LogP contribution is 2.23. The molecule has 1 aliphatic rings. The molecule has 0 saturated carbocycles. The van der Waals surface area contributed by atoms with Gasteiger partial charge in [-0.2, -0.15) is 0 Å². The molecule has 0 aliphatic carbocycles. The van der Waals surface area contributed by atoms with E-state index in [1.165, 1.54) is 0 Å². The molecular weight excluding hydrogens is 220 g/mol. The zero-order chi connectivity index (χ0) is 13.1. The van der Waals surface area contributed by atoms with Gasteiger partial charge in [0.1, 0.15) is 5.60 Å². The van der Waals surface area contributed by atoms with Crippen molar-refractivity contribution in [1.82, 2.24) is 4.90 Å². The van der Waals surface area contributed by atoms with Crippen molar-refractivity contribution in [2.24, 2.45) is 5.73 Å². The van der Waals surface area contributed by atoms with Crippen molar-refractivity contribution in [2.75, 3.05) is 13.2 Å². The van der Waals surface area contributed by atoms with Gasteiger partial charge < -0.3 is 20.5 Å². The Bertz CT molecular complexity index is 263. The molecular formula is C12H24N2O3. The Hall–Kier alpha value is -0.810. The fraction of sp³-hybridized carbons (Fsp3) is 0.917. The number of hydrogen-bond acceptors (Lipinski definition) is 4. The summed E-state index contributed by atoms with van der Waals surface area (Å²) in [5.74, 6) is 0. The third-order valence-corrected chi connectivity index (χ3v) is 2.88. The summed E-state index contributed by atoms with van der Waals surface area (Å²) in [7, 11) is 0. The summed E-state index contributed by atoms with van der Waals surface area (Å²) in [6, 6.07) is -0.174. The number of likely N-dealkylation sites (tertiary alicyclic amines) is 1. The molecule has 0 radical (unpaired) electrons. The minimum atomic E-state index is -0.481. The van der Waals surface area contributed by atoms with Crippen LogP contribution in [0.4, 0.5) is 4.79 Å². The third kappa shape index (κ3) is 4.16. The Morgan fingerprint density at radius 3 is 2.76 bits per heavy atom. The van der Waals surface area contributed by atoms with Crippen LogP contribution in [0.2, 0.25) is 0 Å². The molecule has 0 bridgehead atoms. The van der Waals surface area contributed by atoms with Crippen LogP contribution in [0.15, 0.2) is 0 Å².